The number of fused-ring (bicyclic) bond motifs is 2. The zero-order valence-electron chi connectivity index (χ0n) is 13.9. The molecule has 1 N–H and O–H groups in total. The summed E-state index contributed by atoms with van der Waals surface area (Å²) >= 11 is 0. The highest BCUT2D eigenvalue weighted by Crippen LogP contribution is 2.15. The molecule has 0 unspecified atom stereocenters. The van der Waals surface area contributed by atoms with Crippen LogP contribution in [-0.4, -0.2) is 41.1 Å². The van der Waals surface area contributed by atoms with E-state index in [9.17, 15) is 4.79 Å². The van der Waals surface area contributed by atoms with Crippen LogP contribution in [-0.2, 0) is 13.0 Å². The Morgan fingerprint density at radius 1 is 1.21 bits per heavy atom. The van der Waals surface area contributed by atoms with Gasteiger partial charge in [0.2, 0.25) is 5.82 Å². The summed E-state index contributed by atoms with van der Waals surface area (Å²) in [5, 5.41) is 7.31. The van der Waals surface area contributed by atoms with Crippen LogP contribution < -0.4 is 5.32 Å². The second-order valence-electron chi connectivity index (χ2n) is 6.35. The molecule has 8 nitrogen and oxygen atoms in total. The summed E-state index contributed by atoms with van der Waals surface area (Å²) in [5.74, 6) is 1.43. The summed E-state index contributed by atoms with van der Waals surface area (Å²) in [6.07, 6.45) is 3.75. The van der Waals surface area contributed by atoms with Gasteiger partial charge in [-0.05, 0) is 33.3 Å². The molecule has 1 amide bonds. The average Bonchev–Trinajstić information content (AvgIpc) is 3.09. The predicted molar refractivity (Wildman–Crippen MR) is 86.8 cm³/mol. The molecule has 124 valence electrons. The number of carbonyl (C=O) groups excluding carboxylic acids is 1. The molecule has 0 spiro atoms. The van der Waals surface area contributed by atoms with Crippen LogP contribution in [0.4, 0.5) is 0 Å². The lowest BCUT2D eigenvalue weighted by molar-refractivity contribution is 0.0917. The maximum atomic E-state index is 12.5. The average molecular weight is 325 g/mol. The molecule has 8 heteroatoms. The number of carbonyl (C=O) groups is 1. The quantitative estimate of drug-likeness (QED) is 0.759. The fourth-order valence-corrected chi connectivity index (χ4v) is 3.22. The highest BCUT2D eigenvalue weighted by atomic mass is 16.2. The third-order valence-corrected chi connectivity index (χ3v) is 4.27. The van der Waals surface area contributed by atoms with Crippen molar-refractivity contribution in [1.29, 1.82) is 0 Å². The van der Waals surface area contributed by atoms with E-state index in [0.717, 1.165) is 42.3 Å². The van der Waals surface area contributed by atoms with Crippen LogP contribution in [0.25, 0.3) is 5.78 Å². The van der Waals surface area contributed by atoms with E-state index >= 15 is 0 Å². The molecule has 24 heavy (non-hydrogen) atoms. The number of hydrogen-bond acceptors (Lipinski definition) is 5. The molecule has 0 bridgehead atoms. The van der Waals surface area contributed by atoms with Gasteiger partial charge in [0.15, 0.2) is 0 Å². The third-order valence-electron chi connectivity index (χ3n) is 4.27. The van der Waals surface area contributed by atoms with Crippen molar-refractivity contribution in [2.45, 2.75) is 46.2 Å². The normalized spacial score (nSPS) is 17.0. The van der Waals surface area contributed by atoms with Gasteiger partial charge in [0.05, 0.1) is 5.69 Å². The number of rotatable bonds is 2. The van der Waals surface area contributed by atoms with Gasteiger partial charge >= 0.3 is 0 Å². The summed E-state index contributed by atoms with van der Waals surface area (Å²) in [6.45, 7) is 6.53. The van der Waals surface area contributed by atoms with Crippen molar-refractivity contribution in [3.05, 3.63) is 41.0 Å². The summed E-state index contributed by atoms with van der Waals surface area (Å²) < 4.78 is 3.70. The smallest absolute Gasteiger partial charge is 0.291 e. The lowest BCUT2D eigenvalue weighted by atomic mass is 10.1. The van der Waals surface area contributed by atoms with Gasteiger partial charge in [-0.15, -0.1) is 5.10 Å². The van der Waals surface area contributed by atoms with Gasteiger partial charge in [-0.1, -0.05) is 0 Å². The van der Waals surface area contributed by atoms with Crippen molar-refractivity contribution in [3.8, 4) is 0 Å². The summed E-state index contributed by atoms with van der Waals surface area (Å²) in [7, 11) is 0. The number of amides is 1. The molecule has 0 fully saturated rings. The second kappa shape index (κ2) is 5.40. The van der Waals surface area contributed by atoms with Gasteiger partial charge < -0.3 is 9.88 Å². The van der Waals surface area contributed by atoms with Crippen LogP contribution in [0.3, 0.4) is 0 Å². The van der Waals surface area contributed by atoms with Gasteiger partial charge in [-0.2, -0.15) is 4.98 Å². The van der Waals surface area contributed by atoms with Gasteiger partial charge in [-0.25, -0.2) is 14.5 Å². The minimum atomic E-state index is -0.261. The van der Waals surface area contributed by atoms with E-state index in [1.807, 2.05) is 33.0 Å². The molecule has 1 atom stereocenters. The Morgan fingerprint density at radius 2 is 2.04 bits per heavy atom. The zero-order chi connectivity index (χ0) is 16.8. The Morgan fingerprint density at radius 3 is 2.88 bits per heavy atom. The van der Waals surface area contributed by atoms with E-state index in [4.69, 9.17) is 0 Å². The summed E-state index contributed by atoms with van der Waals surface area (Å²) in [6, 6.07) is 1.97. The first-order valence-corrected chi connectivity index (χ1v) is 8.04. The number of aryl methyl sites for hydroxylation is 4. The summed E-state index contributed by atoms with van der Waals surface area (Å²) in [4.78, 5) is 25.6. The first-order chi connectivity index (χ1) is 11.5. The molecule has 1 aliphatic rings. The minimum Gasteiger partial charge on any atom is -0.345 e. The lowest BCUT2D eigenvalue weighted by Gasteiger charge is -2.24. The van der Waals surface area contributed by atoms with Gasteiger partial charge in [0.1, 0.15) is 5.82 Å². The van der Waals surface area contributed by atoms with Crippen LogP contribution in [0.15, 0.2) is 12.3 Å². The van der Waals surface area contributed by atoms with Crippen LogP contribution in [0.2, 0.25) is 0 Å². The maximum Gasteiger partial charge on any atom is 0.291 e. The molecule has 0 saturated heterocycles. The predicted octanol–water partition coefficient (Wildman–Crippen LogP) is 0.991. The van der Waals surface area contributed by atoms with E-state index in [2.05, 4.69) is 29.9 Å². The van der Waals surface area contributed by atoms with Crippen LogP contribution in [0.5, 0.6) is 0 Å². The molecular weight excluding hydrogens is 306 g/mol. The lowest BCUT2D eigenvalue weighted by Crippen LogP contribution is -2.41. The molecule has 0 saturated carbocycles. The molecule has 0 aliphatic carbocycles. The SMILES string of the molecule is Cc1cn2c(n1)CC[C@@H](NC(=O)c1nc3nc(C)cc(C)n3n1)C2. The molecular formula is C16H19N7O. The van der Waals surface area contributed by atoms with Crippen molar-refractivity contribution < 1.29 is 4.79 Å². The number of aromatic nitrogens is 6. The molecule has 0 aromatic carbocycles. The van der Waals surface area contributed by atoms with E-state index in [1.165, 1.54) is 0 Å². The van der Waals surface area contributed by atoms with Crippen molar-refractivity contribution >= 4 is 11.7 Å². The Kier molecular flexibility index (Phi) is 3.33. The third kappa shape index (κ3) is 2.53. The highest BCUT2D eigenvalue weighted by Gasteiger charge is 2.23. The van der Waals surface area contributed by atoms with Crippen molar-refractivity contribution in [1.82, 2.24) is 34.4 Å². The molecule has 4 heterocycles. The largest absolute Gasteiger partial charge is 0.345 e. The molecule has 1 aliphatic heterocycles. The minimum absolute atomic E-state index is 0.0565. The van der Waals surface area contributed by atoms with Gasteiger partial charge in [0, 0.05) is 36.6 Å². The van der Waals surface area contributed by atoms with Crippen molar-refractivity contribution in [2.24, 2.45) is 0 Å². The monoisotopic (exact) mass is 325 g/mol. The molecule has 3 aromatic rings. The first kappa shape index (κ1) is 14.8. The number of hydrogen-bond donors (Lipinski definition) is 1. The number of imidazole rings is 1. The number of nitrogens with one attached hydrogen (secondary N) is 1. The van der Waals surface area contributed by atoms with Gasteiger partial charge in [0.25, 0.3) is 11.7 Å². The van der Waals surface area contributed by atoms with Crippen LogP contribution >= 0.6 is 0 Å². The topological polar surface area (TPSA) is 90.0 Å². The molecule has 0 radical (unpaired) electrons. The number of nitrogens with zero attached hydrogens (tertiary/aromatic N) is 6. The van der Waals surface area contributed by atoms with Crippen LogP contribution in [0.1, 0.15) is 39.9 Å². The fraction of sp³-hybridized carbons (Fsp3) is 0.438. The molecule has 3 aromatic heterocycles. The Hall–Kier alpha value is -2.77. The molecule has 4 rings (SSSR count). The Bertz CT molecular complexity index is 939. The maximum absolute atomic E-state index is 12.5. The van der Waals surface area contributed by atoms with Crippen molar-refractivity contribution in [3.63, 3.8) is 0 Å². The van der Waals surface area contributed by atoms with Crippen molar-refractivity contribution in [2.75, 3.05) is 0 Å². The Labute approximate surface area is 138 Å². The van der Waals surface area contributed by atoms with E-state index in [-0.39, 0.29) is 17.8 Å². The van der Waals surface area contributed by atoms with E-state index < -0.39 is 0 Å². The fourth-order valence-electron chi connectivity index (χ4n) is 3.22. The van der Waals surface area contributed by atoms with E-state index in [1.54, 1.807) is 4.52 Å². The van der Waals surface area contributed by atoms with Gasteiger partial charge in [-0.3, -0.25) is 4.79 Å². The Balaban J connectivity index is 1.53. The highest BCUT2D eigenvalue weighted by molar-refractivity contribution is 5.91. The standard InChI is InChI=1S/C16H19N7O/c1-9-6-11(3)23-16(18-9)20-14(21-23)15(24)19-12-4-5-13-17-10(2)7-22(13)8-12/h6-7,12H,4-5,8H2,1-3H3,(H,19,24)/t12-/m1/s1. The van der Waals surface area contributed by atoms with Crippen LogP contribution in [0, 0.1) is 20.8 Å². The second-order valence-corrected chi connectivity index (χ2v) is 6.35. The zero-order valence-corrected chi connectivity index (χ0v) is 13.9. The first-order valence-electron chi connectivity index (χ1n) is 8.04. The van der Waals surface area contributed by atoms with E-state index in [0.29, 0.717) is 5.78 Å². The summed E-state index contributed by atoms with van der Waals surface area (Å²) in [5.41, 5.74) is 2.77.